The van der Waals surface area contributed by atoms with Crippen molar-refractivity contribution in [2.45, 2.75) is 33.2 Å². The van der Waals surface area contributed by atoms with Crippen molar-refractivity contribution in [2.24, 2.45) is 0 Å². The molecule has 6 nitrogen and oxygen atoms in total. The molecule has 1 aliphatic carbocycles. The van der Waals surface area contributed by atoms with Gasteiger partial charge in [0, 0.05) is 36.5 Å². The van der Waals surface area contributed by atoms with E-state index in [1.54, 1.807) is 55.2 Å². The van der Waals surface area contributed by atoms with Gasteiger partial charge < -0.3 is 9.47 Å². The van der Waals surface area contributed by atoms with Crippen LogP contribution in [0.4, 0.5) is 8.78 Å². The smallest absolute Gasteiger partial charge is 0.338 e. The number of hydrogen-bond donors (Lipinski definition) is 0. The lowest BCUT2D eigenvalue weighted by molar-refractivity contribution is -0.136. The summed E-state index contributed by atoms with van der Waals surface area (Å²) in [5.74, 6) is -3.17. The fourth-order valence-electron chi connectivity index (χ4n) is 2.81. The van der Waals surface area contributed by atoms with E-state index in [1.807, 2.05) is 0 Å². The maximum Gasteiger partial charge on any atom is 0.338 e. The summed E-state index contributed by atoms with van der Waals surface area (Å²) >= 11 is 0. The highest BCUT2D eigenvalue weighted by Gasteiger charge is 2.23. The third-order valence-corrected chi connectivity index (χ3v) is 4.04. The van der Waals surface area contributed by atoms with Crippen LogP contribution < -0.4 is 4.74 Å². The Hall–Kier alpha value is -3.25. The average Bonchev–Trinajstić information content (AvgIpc) is 2.92. The standard InChI is InChI=1S/C21H21F2N3O3/c1-4-28-20(27)16-7-5-6-8-18-17(16)12-26(25-18)11-15-9-14(2)19(24-10-15)29-13-21(3,22)23/h5,7-10,12H,4,11,13H2,1-3H3. The minimum absolute atomic E-state index is 0.173. The van der Waals surface area contributed by atoms with E-state index in [9.17, 15) is 13.6 Å². The minimum atomic E-state index is -2.92. The summed E-state index contributed by atoms with van der Waals surface area (Å²) in [6.07, 6.45) is 8.30. The molecule has 0 atom stereocenters. The maximum atomic E-state index is 13.0. The van der Waals surface area contributed by atoms with E-state index in [0.717, 1.165) is 12.5 Å². The Morgan fingerprint density at radius 3 is 2.86 bits per heavy atom. The van der Waals surface area contributed by atoms with Gasteiger partial charge in [0.15, 0.2) is 6.61 Å². The number of alkyl halides is 2. The fourth-order valence-corrected chi connectivity index (χ4v) is 2.81. The third-order valence-electron chi connectivity index (χ3n) is 4.04. The molecule has 1 aliphatic rings. The van der Waals surface area contributed by atoms with Gasteiger partial charge in [-0.25, -0.2) is 18.6 Å². The van der Waals surface area contributed by atoms with Crippen LogP contribution in [-0.2, 0) is 16.1 Å². The van der Waals surface area contributed by atoms with Crippen molar-refractivity contribution in [3.8, 4) is 5.88 Å². The van der Waals surface area contributed by atoms with Gasteiger partial charge in [-0.1, -0.05) is 0 Å². The van der Waals surface area contributed by atoms with E-state index in [0.29, 0.717) is 28.9 Å². The number of esters is 1. The number of pyridine rings is 1. The van der Waals surface area contributed by atoms with Gasteiger partial charge in [-0.15, -0.1) is 5.73 Å². The fraction of sp³-hybridized carbons (Fsp3) is 0.333. The summed E-state index contributed by atoms with van der Waals surface area (Å²) in [5, 5.41) is 4.49. The van der Waals surface area contributed by atoms with E-state index in [1.165, 1.54) is 0 Å². The van der Waals surface area contributed by atoms with Crippen molar-refractivity contribution in [3.05, 3.63) is 58.7 Å². The number of allylic oxidation sites excluding steroid dienone is 2. The molecular formula is C21H21F2N3O3. The van der Waals surface area contributed by atoms with Crippen molar-refractivity contribution in [1.29, 1.82) is 0 Å². The molecule has 8 heteroatoms. The molecular weight excluding hydrogens is 380 g/mol. The Labute approximate surface area is 167 Å². The quantitative estimate of drug-likeness (QED) is 0.522. The number of hydrogen-bond acceptors (Lipinski definition) is 5. The Balaban J connectivity index is 1.79. The lowest BCUT2D eigenvalue weighted by atomic mass is 10.1. The zero-order valence-corrected chi connectivity index (χ0v) is 16.4. The van der Waals surface area contributed by atoms with Gasteiger partial charge in [0.1, 0.15) is 5.69 Å². The summed E-state index contributed by atoms with van der Waals surface area (Å²) in [6.45, 7) is 4.22. The Morgan fingerprint density at radius 1 is 1.38 bits per heavy atom. The van der Waals surface area contributed by atoms with E-state index >= 15 is 0 Å². The average molecular weight is 401 g/mol. The number of carbonyl (C=O) groups is 1. The zero-order valence-electron chi connectivity index (χ0n) is 16.4. The summed E-state index contributed by atoms with van der Waals surface area (Å²) in [4.78, 5) is 16.4. The number of halogens is 2. The Morgan fingerprint density at radius 2 is 2.17 bits per heavy atom. The molecule has 0 aliphatic heterocycles. The van der Waals surface area contributed by atoms with Gasteiger partial charge in [-0.2, -0.15) is 5.10 Å². The molecule has 152 valence electrons. The first-order chi connectivity index (χ1) is 13.8. The first kappa shape index (κ1) is 20.5. The van der Waals surface area contributed by atoms with Crippen molar-refractivity contribution >= 4 is 17.6 Å². The van der Waals surface area contributed by atoms with Crippen LogP contribution in [0.25, 0.3) is 11.6 Å². The van der Waals surface area contributed by atoms with Crippen LogP contribution in [-0.4, -0.2) is 39.9 Å². The lowest BCUT2D eigenvalue weighted by Crippen LogP contribution is -2.21. The SMILES string of the molecule is CCOC(=O)C1=CC=C=Cc2nn(Cc3cnc(OCC(C)(F)F)c(C)c3)cc21. The third kappa shape index (κ3) is 5.18. The molecule has 0 radical (unpaired) electrons. The number of aromatic nitrogens is 3. The minimum Gasteiger partial charge on any atom is -0.471 e. The van der Waals surface area contributed by atoms with E-state index in [2.05, 4.69) is 15.8 Å². The molecule has 0 aromatic carbocycles. The van der Waals surface area contributed by atoms with E-state index in [4.69, 9.17) is 9.47 Å². The number of rotatable bonds is 7. The molecule has 0 N–H and O–H groups in total. The number of fused-ring (bicyclic) bond motifs is 1. The van der Waals surface area contributed by atoms with Crippen molar-refractivity contribution in [2.75, 3.05) is 13.2 Å². The Bertz CT molecular complexity index is 1010. The topological polar surface area (TPSA) is 66.2 Å². The first-order valence-electron chi connectivity index (χ1n) is 9.10. The summed E-state index contributed by atoms with van der Waals surface area (Å²) in [6, 6.07) is 1.81. The molecule has 2 aromatic heterocycles. The predicted molar refractivity (Wildman–Crippen MR) is 104 cm³/mol. The van der Waals surface area contributed by atoms with Crippen LogP contribution in [0.1, 0.15) is 36.2 Å². The second-order valence-electron chi connectivity index (χ2n) is 6.73. The van der Waals surface area contributed by atoms with Gasteiger partial charge >= 0.3 is 5.97 Å². The number of carbonyl (C=O) groups excluding carboxylic acids is 1. The van der Waals surface area contributed by atoms with E-state index in [-0.39, 0.29) is 12.5 Å². The molecule has 2 heterocycles. The van der Waals surface area contributed by atoms with Gasteiger partial charge in [0.05, 0.1) is 18.7 Å². The summed E-state index contributed by atoms with van der Waals surface area (Å²) < 4.78 is 37.8. The molecule has 0 fully saturated rings. The van der Waals surface area contributed by atoms with Crippen LogP contribution in [0.15, 0.2) is 36.3 Å². The van der Waals surface area contributed by atoms with Gasteiger partial charge in [-0.3, -0.25) is 4.68 Å². The van der Waals surface area contributed by atoms with E-state index < -0.39 is 18.5 Å². The number of nitrogens with zero attached hydrogens (tertiary/aromatic N) is 3. The highest BCUT2D eigenvalue weighted by atomic mass is 19.3. The maximum absolute atomic E-state index is 13.0. The molecule has 0 bridgehead atoms. The molecule has 0 spiro atoms. The summed E-state index contributed by atoms with van der Waals surface area (Å²) in [7, 11) is 0. The molecule has 0 saturated carbocycles. The van der Waals surface area contributed by atoms with Gasteiger partial charge in [0.2, 0.25) is 5.88 Å². The van der Waals surface area contributed by atoms with Gasteiger partial charge in [0.25, 0.3) is 5.92 Å². The number of aryl methyl sites for hydroxylation is 1. The molecule has 0 amide bonds. The van der Waals surface area contributed by atoms with Gasteiger partial charge in [-0.05, 0) is 37.6 Å². The molecule has 0 saturated heterocycles. The van der Waals surface area contributed by atoms with Crippen molar-refractivity contribution in [3.63, 3.8) is 0 Å². The Kier molecular flexibility index (Phi) is 5.94. The lowest BCUT2D eigenvalue weighted by Gasteiger charge is -2.13. The number of ether oxygens (including phenoxy) is 2. The van der Waals surface area contributed by atoms with Crippen LogP contribution >= 0.6 is 0 Å². The highest BCUT2D eigenvalue weighted by molar-refractivity contribution is 6.17. The monoisotopic (exact) mass is 401 g/mol. The second kappa shape index (κ2) is 8.41. The largest absolute Gasteiger partial charge is 0.471 e. The summed E-state index contributed by atoms with van der Waals surface area (Å²) in [5.41, 5.74) is 6.08. The normalized spacial score (nSPS) is 12.9. The zero-order chi connectivity index (χ0) is 21.0. The highest BCUT2D eigenvalue weighted by Crippen LogP contribution is 2.24. The van der Waals surface area contributed by atoms with Crippen LogP contribution in [0.5, 0.6) is 5.88 Å². The molecule has 2 aromatic rings. The van der Waals surface area contributed by atoms with Crippen molar-refractivity contribution < 1.29 is 23.0 Å². The predicted octanol–water partition coefficient (Wildman–Crippen LogP) is 3.80. The van der Waals surface area contributed by atoms with Crippen molar-refractivity contribution in [1.82, 2.24) is 14.8 Å². The second-order valence-corrected chi connectivity index (χ2v) is 6.73. The molecule has 29 heavy (non-hydrogen) atoms. The molecule has 3 rings (SSSR count). The van der Waals surface area contributed by atoms with Crippen LogP contribution in [0.3, 0.4) is 0 Å². The molecule has 0 unspecified atom stereocenters. The van der Waals surface area contributed by atoms with Crippen LogP contribution in [0.2, 0.25) is 0 Å². The first-order valence-corrected chi connectivity index (χ1v) is 9.10. The van der Waals surface area contributed by atoms with Crippen LogP contribution in [0, 0.1) is 6.92 Å².